The second-order valence-electron chi connectivity index (χ2n) is 5.99. The van der Waals surface area contributed by atoms with Crippen molar-refractivity contribution in [2.45, 2.75) is 53.1 Å². The van der Waals surface area contributed by atoms with E-state index in [1.165, 1.54) is 4.90 Å². The zero-order valence-corrected chi connectivity index (χ0v) is 13.6. The first-order chi connectivity index (χ1) is 9.11. The van der Waals surface area contributed by atoms with Crippen LogP contribution >= 0.6 is 0 Å². The van der Waals surface area contributed by atoms with E-state index in [2.05, 4.69) is 24.1 Å². The van der Waals surface area contributed by atoms with Crippen LogP contribution in [0.15, 0.2) is 0 Å². The van der Waals surface area contributed by atoms with Crippen molar-refractivity contribution in [2.24, 2.45) is 0 Å². The van der Waals surface area contributed by atoms with Crippen LogP contribution in [0, 0.1) is 0 Å². The normalized spacial score (nSPS) is 13.2. The van der Waals surface area contributed by atoms with E-state index in [4.69, 9.17) is 5.11 Å². The van der Waals surface area contributed by atoms with Crippen molar-refractivity contribution in [1.29, 1.82) is 0 Å². The minimum Gasteiger partial charge on any atom is -0.480 e. The molecule has 1 atom stereocenters. The average molecular weight is 287 g/mol. The Bertz CT molecular complexity index is 322. The van der Waals surface area contributed by atoms with Gasteiger partial charge in [-0.1, -0.05) is 13.8 Å². The van der Waals surface area contributed by atoms with Gasteiger partial charge < -0.3 is 20.2 Å². The van der Waals surface area contributed by atoms with E-state index >= 15 is 0 Å². The number of carbonyl (C=O) groups excluding carboxylic acids is 1. The second-order valence-corrected chi connectivity index (χ2v) is 5.99. The van der Waals surface area contributed by atoms with Crippen LogP contribution in [0.4, 0.5) is 4.79 Å². The van der Waals surface area contributed by atoms with Crippen LogP contribution in [0.3, 0.4) is 0 Å². The van der Waals surface area contributed by atoms with Crippen LogP contribution < -0.4 is 5.32 Å². The van der Waals surface area contributed by atoms with Crippen molar-refractivity contribution in [1.82, 2.24) is 15.1 Å². The van der Waals surface area contributed by atoms with Crippen LogP contribution in [-0.4, -0.2) is 64.7 Å². The second kappa shape index (κ2) is 8.09. The molecule has 118 valence electrons. The van der Waals surface area contributed by atoms with E-state index in [1.807, 2.05) is 27.7 Å². The zero-order valence-electron chi connectivity index (χ0n) is 13.6. The number of carboxylic acid groups (broad SMARTS) is 1. The monoisotopic (exact) mass is 287 g/mol. The minimum absolute atomic E-state index is 0.0268. The van der Waals surface area contributed by atoms with Crippen molar-refractivity contribution in [3.63, 3.8) is 0 Å². The van der Waals surface area contributed by atoms with Gasteiger partial charge in [0.15, 0.2) is 0 Å². The van der Waals surface area contributed by atoms with Crippen LogP contribution in [0.1, 0.15) is 41.5 Å². The molecule has 0 saturated carbocycles. The molecule has 1 unspecified atom stereocenters. The molecule has 0 spiro atoms. The van der Waals surface area contributed by atoms with Gasteiger partial charge in [-0.15, -0.1) is 0 Å². The highest BCUT2D eigenvalue weighted by molar-refractivity contribution is 5.80. The molecule has 0 aliphatic rings. The number of nitrogens with zero attached hydrogens (tertiary/aromatic N) is 2. The molecule has 2 N–H and O–H groups in total. The zero-order chi connectivity index (χ0) is 15.9. The summed E-state index contributed by atoms with van der Waals surface area (Å²) in [6.45, 7) is 13.9. The number of carbonyl (C=O) groups is 2. The first-order valence-electron chi connectivity index (χ1n) is 7.14. The Labute approximate surface area is 122 Å². The summed E-state index contributed by atoms with van der Waals surface area (Å²) in [7, 11) is 0. The molecule has 0 radical (unpaired) electrons. The minimum atomic E-state index is -1.01. The summed E-state index contributed by atoms with van der Waals surface area (Å²) < 4.78 is 0. The van der Waals surface area contributed by atoms with E-state index < -0.39 is 11.5 Å². The predicted octanol–water partition coefficient (Wildman–Crippen LogP) is 1.61. The highest BCUT2D eigenvalue weighted by Crippen LogP contribution is 2.13. The maximum atomic E-state index is 12.2. The molecule has 0 rings (SSSR count). The van der Waals surface area contributed by atoms with Gasteiger partial charge in [0.05, 0.1) is 0 Å². The van der Waals surface area contributed by atoms with Gasteiger partial charge in [-0.25, -0.2) is 4.79 Å². The molecule has 20 heavy (non-hydrogen) atoms. The molecule has 0 aromatic rings. The molecule has 0 fully saturated rings. The van der Waals surface area contributed by atoms with Gasteiger partial charge >= 0.3 is 12.0 Å². The fraction of sp³-hybridized carbons (Fsp3) is 0.857. The molecule has 6 nitrogen and oxygen atoms in total. The molecule has 0 aromatic heterocycles. The third-order valence-electron chi connectivity index (χ3n) is 3.14. The number of likely N-dealkylation sites (N-methyl/N-ethyl adjacent to an activating group) is 1. The van der Waals surface area contributed by atoms with E-state index in [1.54, 1.807) is 0 Å². The van der Waals surface area contributed by atoms with Crippen LogP contribution in [0.2, 0.25) is 0 Å². The quantitative estimate of drug-likeness (QED) is 0.746. The first kappa shape index (κ1) is 18.7. The Balaban J connectivity index is 4.64. The Morgan fingerprint density at radius 3 is 2.05 bits per heavy atom. The smallest absolute Gasteiger partial charge is 0.323 e. The molecule has 2 amide bonds. The highest BCUT2D eigenvalue weighted by Gasteiger charge is 2.29. The van der Waals surface area contributed by atoms with Crippen molar-refractivity contribution in [2.75, 3.05) is 26.2 Å². The lowest BCUT2D eigenvalue weighted by Crippen LogP contribution is -2.55. The van der Waals surface area contributed by atoms with Gasteiger partial charge in [0.2, 0.25) is 0 Å². The molecule has 0 aliphatic heterocycles. The molecule has 0 saturated heterocycles. The van der Waals surface area contributed by atoms with Crippen molar-refractivity contribution in [3.8, 4) is 0 Å². The van der Waals surface area contributed by atoms with E-state index in [-0.39, 0.29) is 18.6 Å². The Hall–Kier alpha value is -1.30. The maximum absolute atomic E-state index is 12.2. The SMILES string of the molecule is CCN(CC)CC(C)NC(=O)N(CC(=O)O)C(C)(C)C. The summed E-state index contributed by atoms with van der Waals surface area (Å²) in [6, 6.07) is -0.361. The van der Waals surface area contributed by atoms with E-state index in [0.29, 0.717) is 0 Å². The molecule has 0 aliphatic carbocycles. The molecule has 0 heterocycles. The first-order valence-corrected chi connectivity index (χ1v) is 7.14. The summed E-state index contributed by atoms with van der Waals surface area (Å²) in [6.07, 6.45) is 0. The topological polar surface area (TPSA) is 72.9 Å². The number of nitrogens with one attached hydrogen (secondary N) is 1. The summed E-state index contributed by atoms with van der Waals surface area (Å²) in [5, 5.41) is 11.8. The molecular formula is C14H29N3O3. The van der Waals surface area contributed by atoms with E-state index in [0.717, 1.165) is 19.6 Å². The Kier molecular flexibility index (Phi) is 7.57. The number of carboxylic acids is 1. The number of hydrogen-bond acceptors (Lipinski definition) is 3. The van der Waals surface area contributed by atoms with Crippen molar-refractivity contribution in [3.05, 3.63) is 0 Å². The largest absolute Gasteiger partial charge is 0.480 e. The van der Waals surface area contributed by atoms with Crippen LogP contribution in [0.5, 0.6) is 0 Å². The average Bonchev–Trinajstić information content (AvgIpc) is 2.31. The van der Waals surface area contributed by atoms with Gasteiger partial charge in [0.25, 0.3) is 0 Å². The fourth-order valence-corrected chi connectivity index (χ4v) is 1.95. The van der Waals surface area contributed by atoms with Gasteiger partial charge in [-0.05, 0) is 40.8 Å². The molecule has 6 heteroatoms. The lowest BCUT2D eigenvalue weighted by Gasteiger charge is -2.35. The predicted molar refractivity (Wildman–Crippen MR) is 79.9 cm³/mol. The van der Waals surface area contributed by atoms with Crippen LogP contribution in [-0.2, 0) is 4.79 Å². The molecular weight excluding hydrogens is 258 g/mol. The third kappa shape index (κ3) is 6.75. The van der Waals surface area contributed by atoms with Gasteiger partial charge in [-0.3, -0.25) is 4.79 Å². The summed E-state index contributed by atoms with van der Waals surface area (Å²) >= 11 is 0. The number of aliphatic carboxylic acids is 1. The Morgan fingerprint density at radius 2 is 1.70 bits per heavy atom. The summed E-state index contributed by atoms with van der Waals surface area (Å²) in [4.78, 5) is 26.7. The number of rotatable bonds is 7. The highest BCUT2D eigenvalue weighted by atomic mass is 16.4. The maximum Gasteiger partial charge on any atom is 0.323 e. The third-order valence-corrected chi connectivity index (χ3v) is 3.14. The Morgan fingerprint density at radius 1 is 1.20 bits per heavy atom. The van der Waals surface area contributed by atoms with E-state index in [9.17, 15) is 9.59 Å². The van der Waals surface area contributed by atoms with Crippen molar-refractivity contribution < 1.29 is 14.7 Å². The summed E-state index contributed by atoms with van der Waals surface area (Å²) in [5.74, 6) is -1.01. The van der Waals surface area contributed by atoms with Gasteiger partial charge in [0, 0.05) is 18.1 Å². The van der Waals surface area contributed by atoms with Gasteiger partial charge in [-0.2, -0.15) is 0 Å². The van der Waals surface area contributed by atoms with Crippen molar-refractivity contribution >= 4 is 12.0 Å². The number of amides is 2. The molecule has 0 bridgehead atoms. The van der Waals surface area contributed by atoms with Gasteiger partial charge in [0.1, 0.15) is 6.54 Å². The lowest BCUT2D eigenvalue weighted by atomic mass is 10.1. The number of urea groups is 1. The number of hydrogen-bond donors (Lipinski definition) is 2. The molecule has 0 aromatic carbocycles. The summed E-state index contributed by atoms with van der Waals surface area (Å²) in [5.41, 5.74) is -0.530. The standard InChI is InChI=1S/C14H29N3O3/c1-7-16(8-2)9-11(3)15-13(20)17(10-12(18)19)14(4,5)6/h11H,7-10H2,1-6H3,(H,15,20)(H,18,19). The lowest BCUT2D eigenvalue weighted by molar-refractivity contribution is -0.138. The van der Waals surface area contributed by atoms with Crippen LogP contribution in [0.25, 0.3) is 0 Å². The fourth-order valence-electron chi connectivity index (χ4n) is 1.95.